The van der Waals surface area contributed by atoms with Crippen molar-refractivity contribution in [1.29, 1.82) is 5.26 Å². The molecule has 1 fully saturated rings. The third kappa shape index (κ3) is 1.60. The predicted molar refractivity (Wildman–Crippen MR) is 74.9 cm³/mol. The maximum atomic E-state index is 9.22. The van der Waals surface area contributed by atoms with Crippen LogP contribution in [0.5, 0.6) is 0 Å². The molecule has 0 bridgehead atoms. The Bertz CT molecular complexity index is 820. The normalized spacial score (nSPS) is 15.9. The zero-order valence-electron chi connectivity index (χ0n) is 10.8. The van der Waals surface area contributed by atoms with Crippen molar-refractivity contribution in [2.45, 2.75) is 18.3 Å². The van der Waals surface area contributed by atoms with Crippen molar-refractivity contribution < 1.29 is 0 Å². The zero-order valence-corrected chi connectivity index (χ0v) is 10.8. The Balaban J connectivity index is 1.73. The quantitative estimate of drug-likeness (QED) is 0.711. The highest BCUT2D eigenvalue weighted by atomic mass is 15.0. The number of nitrogens with zero attached hydrogens (tertiary/aromatic N) is 4. The summed E-state index contributed by atoms with van der Waals surface area (Å²) in [5, 5.41) is 9.22. The van der Waals surface area contributed by atoms with E-state index >= 15 is 0 Å². The highest BCUT2D eigenvalue weighted by molar-refractivity contribution is 5.61. The summed E-state index contributed by atoms with van der Waals surface area (Å²) in [7, 11) is 0. The lowest BCUT2D eigenvalue weighted by Crippen LogP contribution is -2.01. The van der Waals surface area contributed by atoms with Gasteiger partial charge in [0, 0.05) is 24.2 Å². The third-order valence-electron chi connectivity index (χ3n) is 3.98. The van der Waals surface area contributed by atoms with E-state index in [0.29, 0.717) is 0 Å². The molecule has 1 aliphatic rings. The van der Waals surface area contributed by atoms with Crippen molar-refractivity contribution in [3.05, 3.63) is 54.6 Å². The molecule has 0 unspecified atom stereocenters. The number of aromatic nitrogens is 3. The minimum Gasteiger partial charge on any atom is -0.304 e. The van der Waals surface area contributed by atoms with E-state index in [0.717, 1.165) is 35.3 Å². The number of nitriles is 1. The summed E-state index contributed by atoms with van der Waals surface area (Å²) in [6, 6.07) is 10.6. The van der Waals surface area contributed by atoms with Crippen LogP contribution in [-0.4, -0.2) is 14.4 Å². The summed E-state index contributed by atoms with van der Waals surface area (Å²) in [6.45, 7) is 0. The molecule has 4 heteroatoms. The lowest BCUT2D eigenvalue weighted by atomic mass is 9.96. The largest absolute Gasteiger partial charge is 0.304 e. The third-order valence-corrected chi connectivity index (χ3v) is 3.98. The first-order chi connectivity index (χ1) is 9.81. The highest BCUT2D eigenvalue weighted by Gasteiger charge is 2.44. The van der Waals surface area contributed by atoms with Gasteiger partial charge >= 0.3 is 0 Å². The van der Waals surface area contributed by atoms with Crippen LogP contribution in [0.2, 0.25) is 0 Å². The van der Waals surface area contributed by atoms with E-state index in [1.54, 1.807) is 12.4 Å². The SMILES string of the molecule is N#CC1(c2ccc(-c3cn4ccnc4cn3)cc2)CC1. The first kappa shape index (κ1) is 11.2. The molecule has 0 N–H and O–H groups in total. The number of benzene rings is 1. The minimum atomic E-state index is -0.222. The molecule has 20 heavy (non-hydrogen) atoms. The van der Waals surface area contributed by atoms with E-state index in [9.17, 15) is 5.26 Å². The van der Waals surface area contributed by atoms with Gasteiger partial charge in [-0.2, -0.15) is 5.26 Å². The van der Waals surface area contributed by atoms with Crippen molar-refractivity contribution in [1.82, 2.24) is 14.4 Å². The average Bonchev–Trinajstić information content (AvgIpc) is 3.17. The second-order valence-corrected chi connectivity index (χ2v) is 5.24. The van der Waals surface area contributed by atoms with Crippen LogP contribution < -0.4 is 0 Å². The lowest BCUT2D eigenvalue weighted by Gasteiger charge is -2.07. The maximum Gasteiger partial charge on any atom is 0.155 e. The first-order valence-corrected chi connectivity index (χ1v) is 6.62. The average molecular weight is 260 g/mol. The van der Waals surface area contributed by atoms with Crippen LogP contribution in [0.3, 0.4) is 0 Å². The predicted octanol–water partition coefficient (Wildman–Crippen LogP) is 2.95. The summed E-state index contributed by atoms with van der Waals surface area (Å²) < 4.78 is 1.95. The maximum absolute atomic E-state index is 9.22. The topological polar surface area (TPSA) is 54.0 Å². The Morgan fingerprint density at radius 2 is 1.95 bits per heavy atom. The summed E-state index contributed by atoms with van der Waals surface area (Å²) in [5.74, 6) is 0. The van der Waals surface area contributed by atoms with Crippen molar-refractivity contribution in [3.8, 4) is 17.3 Å². The van der Waals surface area contributed by atoms with Crippen molar-refractivity contribution >= 4 is 5.65 Å². The second kappa shape index (κ2) is 3.91. The van der Waals surface area contributed by atoms with Crippen LogP contribution in [0.1, 0.15) is 18.4 Å². The van der Waals surface area contributed by atoms with Crippen LogP contribution >= 0.6 is 0 Å². The van der Waals surface area contributed by atoms with Crippen LogP contribution in [-0.2, 0) is 5.41 Å². The van der Waals surface area contributed by atoms with Gasteiger partial charge in [0.05, 0.1) is 23.4 Å². The fourth-order valence-electron chi connectivity index (χ4n) is 2.53. The Kier molecular flexibility index (Phi) is 2.19. The van der Waals surface area contributed by atoms with Gasteiger partial charge in [0.1, 0.15) is 0 Å². The van der Waals surface area contributed by atoms with Gasteiger partial charge in [-0.05, 0) is 18.4 Å². The second-order valence-electron chi connectivity index (χ2n) is 5.24. The van der Waals surface area contributed by atoms with E-state index in [4.69, 9.17) is 0 Å². The van der Waals surface area contributed by atoms with Crippen LogP contribution in [0, 0.1) is 11.3 Å². The molecule has 0 amide bonds. The zero-order chi connectivity index (χ0) is 13.6. The van der Waals surface area contributed by atoms with Crippen LogP contribution in [0.4, 0.5) is 0 Å². The fraction of sp³-hybridized carbons (Fsp3) is 0.188. The molecule has 1 aromatic carbocycles. The lowest BCUT2D eigenvalue weighted by molar-refractivity contribution is 0.909. The fourth-order valence-corrected chi connectivity index (χ4v) is 2.53. The van der Waals surface area contributed by atoms with Crippen molar-refractivity contribution in [3.63, 3.8) is 0 Å². The van der Waals surface area contributed by atoms with Crippen molar-refractivity contribution in [2.75, 3.05) is 0 Å². The Hall–Kier alpha value is -2.67. The summed E-state index contributed by atoms with van der Waals surface area (Å²) in [4.78, 5) is 8.61. The minimum absolute atomic E-state index is 0.222. The number of imidazole rings is 1. The molecule has 0 atom stereocenters. The van der Waals surface area contributed by atoms with Gasteiger partial charge in [0.25, 0.3) is 0 Å². The summed E-state index contributed by atoms with van der Waals surface area (Å²) in [6.07, 6.45) is 9.34. The molecule has 96 valence electrons. The van der Waals surface area contributed by atoms with Gasteiger partial charge in [-0.1, -0.05) is 24.3 Å². The molecule has 1 saturated carbocycles. The number of fused-ring (bicyclic) bond motifs is 1. The van der Waals surface area contributed by atoms with E-state index in [2.05, 4.69) is 16.0 Å². The van der Waals surface area contributed by atoms with Gasteiger partial charge < -0.3 is 4.40 Å². The molecule has 4 nitrogen and oxygen atoms in total. The monoisotopic (exact) mass is 260 g/mol. The smallest absolute Gasteiger partial charge is 0.155 e. The highest BCUT2D eigenvalue weighted by Crippen LogP contribution is 2.47. The molecule has 0 saturated heterocycles. The standard InChI is InChI=1S/C16H12N4/c17-11-16(5-6-16)13-3-1-12(2-4-13)14-10-20-8-7-18-15(20)9-19-14/h1-4,7-10H,5-6H2. The molecule has 4 rings (SSSR count). The molecular weight excluding hydrogens is 248 g/mol. The van der Waals surface area contributed by atoms with Gasteiger partial charge in [-0.15, -0.1) is 0 Å². The van der Waals surface area contributed by atoms with E-state index in [1.807, 2.05) is 41.1 Å². The number of hydrogen-bond acceptors (Lipinski definition) is 3. The van der Waals surface area contributed by atoms with Crippen LogP contribution in [0.25, 0.3) is 16.9 Å². The molecule has 0 aliphatic heterocycles. The van der Waals surface area contributed by atoms with Crippen molar-refractivity contribution in [2.24, 2.45) is 0 Å². The molecule has 2 aromatic heterocycles. The van der Waals surface area contributed by atoms with E-state index in [-0.39, 0.29) is 5.41 Å². The van der Waals surface area contributed by atoms with E-state index in [1.165, 1.54) is 0 Å². The summed E-state index contributed by atoms with van der Waals surface area (Å²) in [5.41, 5.74) is 3.70. The van der Waals surface area contributed by atoms with Crippen LogP contribution in [0.15, 0.2) is 49.1 Å². The molecule has 0 spiro atoms. The molecule has 0 radical (unpaired) electrons. The Morgan fingerprint density at radius 3 is 2.65 bits per heavy atom. The number of rotatable bonds is 2. The van der Waals surface area contributed by atoms with E-state index < -0.39 is 0 Å². The molecular formula is C16H12N4. The first-order valence-electron chi connectivity index (χ1n) is 6.62. The Morgan fingerprint density at radius 1 is 1.15 bits per heavy atom. The van der Waals surface area contributed by atoms with Gasteiger partial charge in [-0.25, -0.2) is 4.98 Å². The molecule has 2 heterocycles. The molecule has 3 aromatic rings. The van der Waals surface area contributed by atoms with Gasteiger partial charge in [0.15, 0.2) is 5.65 Å². The number of hydrogen-bond donors (Lipinski definition) is 0. The summed E-state index contributed by atoms with van der Waals surface area (Å²) >= 11 is 0. The van der Waals surface area contributed by atoms with Gasteiger partial charge in [-0.3, -0.25) is 4.98 Å². The molecule has 1 aliphatic carbocycles. The Labute approximate surface area is 116 Å². The van der Waals surface area contributed by atoms with Gasteiger partial charge in [0.2, 0.25) is 0 Å².